The maximum absolute atomic E-state index is 13.3. The van der Waals surface area contributed by atoms with Crippen molar-refractivity contribution in [3.63, 3.8) is 0 Å². The fourth-order valence-corrected chi connectivity index (χ4v) is 8.78. The minimum Gasteiger partial charge on any atom is -0.457 e. The van der Waals surface area contributed by atoms with Gasteiger partial charge in [0.2, 0.25) is 11.8 Å². The molecule has 3 fully saturated rings. The summed E-state index contributed by atoms with van der Waals surface area (Å²) in [5.74, 6) is 2.19. The molecule has 1 aromatic heterocycles. The van der Waals surface area contributed by atoms with Gasteiger partial charge in [0.05, 0.1) is 6.04 Å². The van der Waals surface area contributed by atoms with E-state index in [0.29, 0.717) is 67.3 Å². The van der Waals surface area contributed by atoms with E-state index in [9.17, 15) is 19.2 Å². The normalized spacial score (nSPS) is 19.1. The number of nitrogens with zero attached hydrogens (tertiary/aromatic N) is 6. The molecule has 302 valence electrons. The largest absolute Gasteiger partial charge is 0.457 e. The van der Waals surface area contributed by atoms with Gasteiger partial charge < -0.3 is 30.5 Å². The molecule has 4 aromatic rings. The van der Waals surface area contributed by atoms with Crippen molar-refractivity contribution in [1.29, 1.82) is 0 Å². The van der Waals surface area contributed by atoms with Gasteiger partial charge in [-0.1, -0.05) is 18.2 Å². The summed E-state index contributed by atoms with van der Waals surface area (Å²) in [6, 6.07) is 24.8. The molecule has 1 unspecified atom stereocenters. The fourth-order valence-electron chi connectivity index (χ4n) is 8.78. The number of aromatic nitrogens is 2. The van der Waals surface area contributed by atoms with Crippen LogP contribution in [-0.4, -0.2) is 96.2 Å². The number of urea groups is 1. The Morgan fingerprint density at radius 3 is 2.24 bits per heavy atom. The van der Waals surface area contributed by atoms with E-state index in [0.717, 1.165) is 74.4 Å². The molecular weight excluding hydrogens is 735 g/mol. The number of carbonyl (C=O) groups excluding carboxylic acids is 4. The van der Waals surface area contributed by atoms with Crippen LogP contribution >= 0.6 is 0 Å². The number of para-hydroxylation sites is 1. The van der Waals surface area contributed by atoms with Crippen LogP contribution < -0.4 is 30.9 Å². The topological polar surface area (TPSA) is 158 Å². The number of imide groups is 1. The summed E-state index contributed by atoms with van der Waals surface area (Å²) < 4.78 is 7.93. The second kappa shape index (κ2) is 17.0. The number of likely N-dealkylation sites (tertiary alicyclic amines) is 1. The number of primary amides is 1. The van der Waals surface area contributed by atoms with Gasteiger partial charge >= 0.3 is 6.03 Å². The van der Waals surface area contributed by atoms with Crippen LogP contribution in [0.25, 0.3) is 11.3 Å². The third kappa shape index (κ3) is 8.50. The van der Waals surface area contributed by atoms with Crippen LogP contribution in [0.2, 0.25) is 0 Å². The number of hydrogen-bond acceptors (Lipinski definition) is 9. The minimum absolute atomic E-state index is 0.0280. The molecule has 4 aliphatic heterocycles. The van der Waals surface area contributed by atoms with Gasteiger partial charge in [-0.15, -0.1) is 0 Å². The highest BCUT2D eigenvalue weighted by Crippen LogP contribution is 2.40. The number of rotatable bonds is 11. The number of carbonyl (C=O) groups is 4. The van der Waals surface area contributed by atoms with E-state index < -0.39 is 5.91 Å². The molecule has 0 saturated carbocycles. The number of amides is 5. The predicted octanol–water partition coefficient (Wildman–Crippen LogP) is 5.85. The second-order valence-electron chi connectivity index (χ2n) is 15.7. The van der Waals surface area contributed by atoms with E-state index in [1.165, 1.54) is 0 Å². The first-order valence-electron chi connectivity index (χ1n) is 20.3. The molecule has 8 rings (SSSR count). The van der Waals surface area contributed by atoms with Crippen LogP contribution in [-0.2, 0) is 9.59 Å². The molecule has 0 spiro atoms. The maximum atomic E-state index is 13.3. The predicted molar refractivity (Wildman–Crippen MR) is 223 cm³/mol. The highest BCUT2D eigenvalue weighted by Gasteiger charge is 2.36. The van der Waals surface area contributed by atoms with Crippen molar-refractivity contribution in [1.82, 2.24) is 24.9 Å². The molecule has 14 nitrogen and oxygen atoms in total. The molecule has 4 N–H and O–H groups in total. The molecule has 1 atom stereocenters. The number of benzene rings is 3. The molecule has 4 aliphatic rings. The Labute approximate surface area is 338 Å². The molecule has 58 heavy (non-hydrogen) atoms. The Balaban J connectivity index is 0.813. The number of nitrogens with one attached hydrogen (secondary N) is 2. The summed E-state index contributed by atoms with van der Waals surface area (Å²) in [5, 5.41) is 10.8. The van der Waals surface area contributed by atoms with Gasteiger partial charge in [0, 0.05) is 88.5 Å². The molecule has 5 heterocycles. The van der Waals surface area contributed by atoms with Gasteiger partial charge in [0.1, 0.15) is 28.6 Å². The van der Waals surface area contributed by atoms with Crippen molar-refractivity contribution < 1.29 is 23.9 Å². The van der Waals surface area contributed by atoms with Crippen LogP contribution in [0.15, 0.2) is 91.1 Å². The van der Waals surface area contributed by atoms with Gasteiger partial charge in [0.25, 0.3) is 5.91 Å². The van der Waals surface area contributed by atoms with E-state index in [1.54, 1.807) is 11.0 Å². The van der Waals surface area contributed by atoms with Crippen LogP contribution in [0.5, 0.6) is 11.5 Å². The van der Waals surface area contributed by atoms with Gasteiger partial charge in [-0.25, -0.2) is 9.48 Å². The number of piperidine rings is 2. The van der Waals surface area contributed by atoms with Crippen molar-refractivity contribution in [2.24, 2.45) is 17.6 Å². The van der Waals surface area contributed by atoms with Crippen LogP contribution in [0, 0.1) is 11.8 Å². The summed E-state index contributed by atoms with van der Waals surface area (Å²) >= 11 is 0. The third-order valence-electron chi connectivity index (χ3n) is 11.9. The molecule has 3 aromatic carbocycles. The molecular formula is C44H51N9O5. The lowest BCUT2D eigenvalue weighted by Gasteiger charge is -2.38. The first kappa shape index (κ1) is 38.6. The SMILES string of the molecule is CN(/C=C/C(=O)N1CCC(C2CCNc3c(C(N)=O)c(-c4ccc(Oc5ccccc5)cc4)nn32)CC1)CC1CCN(c2ccc(N3CCC(=O)NC3=O)cc2)CC1. The van der Waals surface area contributed by atoms with Gasteiger partial charge in [-0.2, -0.15) is 5.10 Å². The van der Waals surface area contributed by atoms with Crippen LogP contribution in [0.3, 0.4) is 0 Å². The van der Waals surface area contributed by atoms with Crippen molar-refractivity contribution in [3.05, 3.63) is 96.7 Å². The standard InChI is InChI=1S/C44H51N9O5/c1-49(29-30-16-24-50(25-17-30)33-9-11-34(12-10-33)52-28-20-38(54)47-44(52)57)23-21-39(55)51-26-18-31(19-27-51)37-15-22-46-43-40(42(45)56)41(48-53(37)43)32-7-13-36(14-8-32)58-35-5-3-2-4-6-35/h2-14,21,23,30-31,37,46H,15-20,22,24-29H2,1H3,(H2,45,56)(H,47,54,57)/b23-21+. The Morgan fingerprint density at radius 1 is 0.862 bits per heavy atom. The van der Waals surface area contributed by atoms with Gasteiger partial charge in [-0.3, -0.25) is 24.6 Å². The molecule has 0 radical (unpaired) electrons. The smallest absolute Gasteiger partial charge is 0.328 e. The third-order valence-corrected chi connectivity index (χ3v) is 11.9. The monoisotopic (exact) mass is 785 g/mol. The average Bonchev–Trinajstić information content (AvgIpc) is 3.65. The lowest BCUT2D eigenvalue weighted by molar-refractivity contribution is -0.127. The molecule has 0 aliphatic carbocycles. The number of anilines is 3. The zero-order valence-corrected chi connectivity index (χ0v) is 32.9. The van der Waals surface area contributed by atoms with Crippen LogP contribution in [0.1, 0.15) is 54.9 Å². The summed E-state index contributed by atoms with van der Waals surface area (Å²) in [4.78, 5) is 57.9. The van der Waals surface area contributed by atoms with Crippen molar-refractivity contribution in [3.8, 4) is 22.8 Å². The number of hydrogen-bond donors (Lipinski definition) is 3. The van der Waals surface area contributed by atoms with Crippen molar-refractivity contribution in [2.45, 2.75) is 44.6 Å². The molecule has 0 bridgehead atoms. The molecule has 3 saturated heterocycles. The highest BCUT2D eigenvalue weighted by molar-refractivity contribution is 6.06. The number of nitrogens with two attached hydrogens (primary N) is 1. The first-order chi connectivity index (χ1) is 28.2. The molecule has 5 amide bonds. The summed E-state index contributed by atoms with van der Waals surface area (Å²) in [5.41, 5.74) is 9.60. The Bertz CT molecular complexity index is 2140. The highest BCUT2D eigenvalue weighted by atomic mass is 16.5. The summed E-state index contributed by atoms with van der Waals surface area (Å²) in [6.07, 6.45) is 8.58. The number of ether oxygens (including phenoxy) is 1. The van der Waals surface area contributed by atoms with E-state index >= 15 is 0 Å². The lowest BCUT2D eigenvalue weighted by Crippen LogP contribution is -2.49. The minimum atomic E-state index is -0.522. The van der Waals surface area contributed by atoms with E-state index in [2.05, 4.69) is 20.4 Å². The van der Waals surface area contributed by atoms with Gasteiger partial charge in [-0.05, 0) is 105 Å². The van der Waals surface area contributed by atoms with Gasteiger partial charge in [0.15, 0.2) is 0 Å². The maximum Gasteiger partial charge on any atom is 0.328 e. The van der Waals surface area contributed by atoms with Crippen LogP contribution in [0.4, 0.5) is 22.0 Å². The van der Waals surface area contributed by atoms with E-state index in [-0.39, 0.29) is 23.9 Å². The first-order valence-corrected chi connectivity index (χ1v) is 20.3. The summed E-state index contributed by atoms with van der Waals surface area (Å²) in [7, 11) is 2.03. The van der Waals surface area contributed by atoms with E-state index in [1.807, 2.05) is 102 Å². The summed E-state index contributed by atoms with van der Waals surface area (Å²) in [6.45, 7) is 5.19. The Kier molecular flexibility index (Phi) is 11.3. The second-order valence-corrected chi connectivity index (χ2v) is 15.7. The zero-order chi connectivity index (χ0) is 40.2. The quantitative estimate of drug-likeness (QED) is 0.159. The zero-order valence-electron chi connectivity index (χ0n) is 32.9. The van der Waals surface area contributed by atoms with Crippen molar-refractivity contribution in [2.75, 3.05) is 68.0 Å². The average molecular weight is 786 g/mol. The van der Waals surface area contributed by atoms with Crippen molar-refractivity contribution >= 4 is 40.9 Å². The van der Waals surface area contributed by atoms with E-state index in [4.69, 9.17) is 15.6 Å². The molecule has 14 heteroatoms. The Morgan fingerprint density at radius 2 is 1.55 bits per heavy atom. The lowest BCUT2D eigenvalue weighted by atomic mass is 9.87. The number of fused-ring (bicyclic) bond motifs is 1. The fraction of sp³-hybridized carbons (Fsp3) is 0.386. The Hall–Kier alpha value is -6.31.